The molecule has 1 aliphatic heterocycles. The zero-order valence-electron chi connectivity index (χ0n) is 17.0. The maximum Gasteiger partial charge on any atom is 0.309 e. The molecular formula is C22H30N2O3S. The molecule has 6 atom stereocenters. The van der Waals surface area contributed by atoms with Gasteiger partial charge in [0.15, 0.2) is 5.13 Å². The molecule has 3 aliphatic carbocycles. The van der Waals surface area contributed by atoms with Crippen molar-refractivity contribution in [1.29, 1.82) is 0 Å². The monoisotopic (exact) mass is 402 g/mol. The van der Waals surface area contributed by atoms with E-state index in [1.807, 2.05) is 6.92 Å². The molecule has 2 saturated carbocycles. The van der Waals surface area contributed by atoms with Crippen LogP contribution in [0.1, 0.15) is 75.8 Å². The summed E-state index contributed by atoms with van der Waals surface area (Å²) in [6.07, 6.45) is 7.50. The highest BCUT2D eigenvalue weighted by Crippen LogP contribution is 2.59. The van der Waals surface area contributed by atoms with Crippen LogP contribution in [0.4, 0.5) is 5.13 Å². The van der Waals surface area contributed by atoms with E-state index in [1.165, 1.54) is 4.88 Å². The van der Waals surface area contributed by atoms with Crippen LogP contribution in [0.3, 0.4) is 0 Å². The number of carbonyl (C=O) groups is 2. The molecule has 5 nitrogen and oxygen atoms in total. The van der Waals surface area contributed by atoms with E-state index in [1.54, 1.807) is 11.3 Å². The Kier molecular flexibility index (Phi) is 4.34. The summed E-state index contributed by atoms with van der Waals surface area (Å²) in [4.78, 5) is 31.0. The van der Waals surface area contributed by atoms with E-state index in [2.05, 4.69) is 19.2 Å². The molecule has 0 radical (unpaired) electrons. The number of hydrogen-bond acceptors (Lipinski definition) is 5. The van der Waals surface area contributed by atoms with Gasteiger partial charge in [-0.05, 0) is 37.5 Å². The van der Waals surface area contributed by atoms with E-state index in [9.17, 15) is 9.59 Å². The summed E-state index contributed by atoms with van der Waals surface area (Å²) in [6, 6.07) is 0. The van der Waals surface area contributed by atoms with Gasteiger partial charge in [0.1, 0.15) is 6.10 Å². The van der Waals surface area contributed by atoms with Gasteiger partial charge in [0.2, 0.25) is 5.91 Å². The molecule has 152 valence electrons. The van der Waals surface area contributed by atoms with Crippen LogP contribution in [0.2, 0.25) is 0 Å². The van der Waals surface area contributed by atoms with Crippen LogP contribution in [-0.2, 0) is 20.7 Å². The number of hydrogen-bond donors (Lipinski definition) is 1. The quantitative estimate of drug-likeness (QED) is 0.738. The van der Waals surface area contributed by atoms with Crippen molar-refractivity contribution >= 4 is 28.3 Å². The zero-order chi connectivity index (χ0) is 19.6. The third-order valence-corrected chi connectivity index (χ3v) is 9.10. The van der Waals surface area contributed by atoms with E-state index >= 15 is 0 Å². The molecule has 6 unspecified atom stereocenters. The molecule has 2 heterocycles. The molecule has 0 bridgehead atoms. The Hall–Kier alpha value is -1.43. The fraction of sp³-hybridized carbons (Fsp3) is 0.773. The number of ether oxygens (including phenoxy) is 1. The molecule has 6 heteroatoms. The minimum absolute atomic E-state index is 0.0137. The Morgan fingerprint density at radius 3 is 2.71 bits per heavy atom. The largest absolute Gasteiger partial charge is 0.461 e. The van der Waals surface area contributed by atoms with Crippen LogP contribution in [0, 0.1) is 29.1 Å². The van der Waals surface area contributed by atoms with E-state index in [4.69, 9.17) is 9.72 Å². The highest BCUT2D eigenvalue weighted by atomic mass is 32.1. The molecule has 4 aliphatic rings. The van der Waals surface area contributed by atoms with Gasteiger partial charge in [0, 0.05) is 28.5 Å². The molecule has 0 aromatic carbocycles. The minimum Gasteiger partial charge on any atom is -0.461 e. The summed E-state index contributed by atoms with van der Waals surface area (Å²) >= 11 is 1.66. The molecule has 1 amide bonds. The maximum atomic E-state index is 12.5. The third kappa shape index (κ3) is 2.74. The number of nitrogens with zero attached hydrogens (tertiary/aromatic N) is 1. The summed E-state index contributed by atoms with van der Waals surface area (Å²) in [5.41, 5.74) is 1.25. The van der Waals surface area contributed by atoms with E-state index in [-0.39, 0.29) is 41.1 Å². The average Bonchev–Trinajstić information content (AvgIpc) is 3.35. The van der Waals surface area contributed by atoms with Gasteiger partial charge in [0.25, 0.3) is 0 Å². The van der Waals surface area contributed by atoms with Crippen LogP contribution >= 0.6 is 11.3 Å². The predicted octanol–water partition coefficient (Wildman–Crippen LogP) is 4.53. The standard InChI is InChI=1S/C22H30N2O3S/c1-11-14-8-9-22(3)10-15-17(12(2)16(22)18(14)27-20(11)26)23-21(28-15)24-19(25)13-6-4-5-7-13/h11-14,16,18H,4-10H2,1-3H3,(H,23,24,25). The van der Waals surface area contributed by atoms with E-state index in [0.717, 1.165) is 55.8 Å². The van der Waals surface area contributed by atoms with Crippen molar-refractivity contribution in [2.75, 3.05) is 5.32 Å². The first-order valence-electron chi connectivity index (χ1n) is 10.9. The van der Waals surface area contributed by atoms with Gasteiger partial charge in [-0.15, -0.1) is 11.3 Å². The van der Waals surface area contributed by atoms with Crippen molar-refractivity contribution in [2.45, 2.75) is 77.7 Å². The zero-order valence-corrected chi connectivity index (χ0v) is 17.8. The molecule has 28 heavy (non-hydrogen) atoms. The summed E-state index contributed by atoms with van der Waals surface area (Å²) in [6.45, 7) is 6.62. The summed E-state index contributed by atoms with van der Waals surface area (Å²) in [5, 5.41) is 3.85. The first-order valence-corrected chi connectivity index (χ1v) is 11.7. The topological polar surface area (TPSA) is 68.3 Å². The van der Waals surface area contributed by atoms with Crippen molar-refractivity contribution in [3.8, 4) is 0 Å². The molecule has 5 rings (SSSR count). The van der Waals surface area contributed by atoms with Gasteiger partial charge in [-0.3, -0.25) is 9.59 Å². The fourth-order valence-electron chi connectivity index (χ4n) is 6.53. The lowest BCUT2D eigenvalue weighted by atomic mass is 9.54. The number of thiazole rings is 1. The molecule has 1 aromatic heterocycles. The lowest BCUT2D eigenvalue weighted by Crippen LogP contribution is -2.50. The molecule has 0 spiro atoms. The van der Waals surface area contributed by atoms with Crippen LogP contribution in [-0.4, -0.2) is 23.0 Å². The fourth-order valence-corrected chi connectivity index (χ4v) is 7.79. The molecule has 3 fully saturated rings. The first-order chi connectivity index (χ1) is 13.4. The summed E-state index contributed by atoms with van der Waals surface area (Å²) in [5.74, 6) is 1.17. The van der Waals surface area contributed by atoms with Gasteiger partial charge in [0.05, 0.1) is 11.6 Å². The van der Waals surface area contributed by atoms with Crippen molar-refractivity contribution in [2.24, 2.45) is 29.1 Å². The van der Waals surface area contributed by atoms with Crippen LogP contribution < -0.4 is 5.32 Å². The van der Waals surface area contributed by atoms with Crippen molar-refractivity contribution < 1.29 is 14.3 Å². The average molecular weight is 403 g/mol. The Balaban J connectivity index is 1.42. The van der Waals surface area contributed by atoms with Crippen LogP contribution in [0.25, 0.3) is 0 Å². The Labute approximate surface area is 170 Å². The van der Waals surface area contributed by atoms with E-state index < -0.39 is 0 Å². The Morgan fingerprint density at radius 2 is 1.96 bits per heavy atom. The number of aromatic nitrogens is 1. The van der Waals surface area contributed by atoms with Gasteiger partial charge < -0.3 is 10.1 Å². The number of esters is 1. The number of nitrogens with one attached hydrogen (secondary N) is 1. The van der Waals surface area contributed by atoms with Gasteiger partial charge in [-0.25, -0.2) is 4.98 Å². The number of rotatable bonds is 2. The Bertz CT molecular complexity index is 815. The SMILES string of the molecule is CC1C(=O)OC2C1CCC1(C)Cc3sc(NC(=O)C4CCCC4)nc3C(C)C21. The second-order valence-electron chi connectivity index (χ2n) is 9.84. The number of fused-ring (bicyclic) bond motifs is 4. The second-order valence-corrected chi connectivity index (χ2v) is 10.9. The molecular weight excluding hydrogens is 372 g/mol. The third-order valence-electron chi connectivity index (χ3n) is 8.11. The highest BCUT2D eigenvalue weighted by Gasteiger charge is 2.58. The van der Waals surface area contributed by atoms with Gasteiger partial charge in [-0.1, -0.05) is 33.6 Å². The smallest absolute Gasteiger partial charge is 0.309 e. The van der Waals surface area contributed by atoms with Crippen LogP contribution in [0.15, 0.2) is 0 Å². The number of anilines is 1. The molecule has 1 saturated heterocycles. The first kappa shape index (κ1) is 18.6. The summed E-state index contributed by atoms with van der Waals surface area (Å²) in [7, 11) is 0. The Morgan fingerprint density at radius 1 is 1.21 bits per heavy atom. The predicted molar refractivity (Wildman–Crippen MR) is 108 cm³/mol. The minimum atomic E-state index is -0.0277. The normalized spacial score (nSPS) is 39.8. The summed E-state index contributed by atoms with van der Waals surface area (Å²) < 4.78 is 5.90. The lowest BCUT2D eigenvalue weighted by Gasteiger charge is -2.51. The highest BCUT2D eigenvalue weighted by molar-refractivity contribution is 7.15. The van der Waals surface area contributed by atoms with Crippen molar-refractivity contribution in [3.05, 3.63) is 10.6 Å². The van der Waals surface area contributed by atoms with Crippen molar-refractivity contribution in [3.63, 3.8) is 0 Å². The van der Waals surface area contributed by atoms with E-state index in [0.29, 0.717) is 11.8 Å². The number of amides is 1. The molecule has 1 aromatic rings. The van der Waals surface area contributed by atoms with Crippen molar-refractivity contribution in [1.82, 2.24) is 4.98 Å². The lowest BCUT2D eigenvalue weighted by molar-refractivity contribution is -0.149. The second kappa shape index (κ2) is 6.54. The van der Waals surface area contributed by atoms with Crippen LogP contribution in [0.5, 0.6) is 0 Å². The maximum absolute atomic E-state index is 12.5. The molecule has 1 N–H and O–H groups in total. The number of carbonyl (C=O) groups excluding carboxylic acids is 2. The van der Waals surface area contributed by atoms with Gasteiger partial charge in [-0.2, -0.15) is 0 Å². The van der Waals surface area contributed by atoms with Gasteiger partial charge >= 0.3 is 5.97 Å².